The summed E-state index contributed by atoms with van der Waals surface area (Å²) in [6.07, 6.45) is 0.602. The summed E-state index contributed by atoms with van der Waals surface area (Å²) in [6.45, 7) is 2.81. The predicted octanol–water partition coefficient (Wildman–Crippen LogP) is 4.74. The summed E-state index contributed by atoms with van der Waals surface area (Å²) in [5.41, 5.74) is 4.32. The van der Waals surface area contributed by atoms with Crippen molar-refractivity contribution >= 4 is 27.5 Å². The third kappa shape index (κ3) is 3.94. The van der Waals surface area contributed by atoms with Crippen LogP contribution in [-0.2, 0) is 17.8 Å². The number of rotatable bonds is 6. The number of ether oxygens (including phenoxy) is 2. The van der Waals surface area contributed by atoms with Crippen molar-refractivity contribution in [3.05, 3.63) is 71.2 Å². The van der Waals surface area contributed by atoms with Crippen LogP contribution >= 0.6 is 11.3 Å². The summed E-state index contributed by atoms with van der Waals surface area (Å²) in [7, 11) is 1.58. The van der Waals surface area contributed by atoms with E-state index in [1.54, 1.807) is 30.6 Å². The number of para-hydroxylation sites is 1. The Morgan fingerprint density at radius 2 is 2.13 bits per heavy atom. The molecular formula is C24H22N2O4S. The van der Waals surface area contributed by atoms with E-state index in [4.69, 9.17) is 18.9 Å². The van der Waals surface area contributed by atoms with Gasteiger partial charge in [-0.1, -0.05) is 18.2 Å². The number of nitrogens with zero attached hydrogens (tertiary/aromatic N) is 1. The molecular weight excluding hydrogens is 412 g/mol. The summed E-state index contributed by atoms with van der Waals surface area (Å²) in [5, 5.41) is 3.87. The van der Waals surface area contributed by atoms with Crippen molar-refractivity contribution in [3.63, 3.8) is 0 Å². The number of aromatic nitrogens is 1. The maximum atomic E-state index is 12.4. The monoisotopic (exact) mass is 434 g/mol. The van der Waals surface area contributed by atoms with Crippen LogP contribution in [0.1, 0.15) is 27.4 Å². The average molecular weight is 435 g/mol. The van der Waals surface area contributed by atoms with Crippen molar-refractivity contribution < 1.29 is 18.7 Å². The van der Waals surface area contributed by atoms with E-state index >= 15 is 0 Å². The van der Waals surface area contributed by atoms with Gasteiger partial charge in [-0.25, -0.2) is 4.98 Å². The van der Waals surface area contributed by atoms with Gasteiger partial charge in [0.05, 0.1) is 22.3 Å². The first kappa shape index (κ1) is 19.8. The number of aryl methyl sites for hydroxylation is 1. The molecule has 1 N–H and O–H groups in total. The van der Waals surface area contributed by atoms with Crippen LogP contribution < -0.4 is 10.1 Å². The topological polar surface area (TPSA) is 73.6 Å². The summed E-state index contributed by atoms with van der Waals surface area (Å²) in [5.74, 6) is 1.50. The molecule has 1 amide bonds. The third-order valence-corrected chi connectivity index (χ3v) is 6.30. The highest BCUT2D eigenvalue weighted by Crippen LogP contribution is 2.42. The van der Waals surface area contributed by atoms with Crippen molar-refractivity contribution in [2.75, 3.05) is 13.7 Å². The first-order valence-electron chi connectivity index (χ1n) is 10.1. The molecule has 0 saturated heterocycles. The van der Waals surface area contributed by atoms with Gasteiger partial charge in [-0.3, -0.25) is 4.79 Å². The van der Waals surface area contributed by atoms with Gasteiger partial charge in [0.25, 0.3) is 5.91 Å². The Hall–Kier alpha value is -3.16. The molecule has 1 aliphatic heterocycles. The van der Waals surface area contributed by atoms with Crippen LogP contribution in [-0.4, -0.2) is 30.6 Å². The molecule has 6 nitrogen and oxygen atoms in total. The van der Waals surface area contributed by atoms with Gasteiger partial charge in [-0.2, -0.15) is 0 Å². The Morgan fingerprint density at radius 1 is 1.26 bits per heavy atom. The van der Waals surface area contributed by atoms with Gasteiger partial charge in [-0.05, 0) is 48.4 Å². The molecule has 0 bridgehead atoms. The third-order valence-electron chi connectivity index (χ3n) is 5.23. The maximum absolute atomic E-state index is 12.4. The molecule has 0 unspecified atom stereocenters. The number of carbonyl (C=O) groups is 1. The minimum absolute atomic E-state index is 0.137. The van der Waals surface area contributed by atoms with Crippen LogP contribution in [0.3, 0.4) is 0 Å². The van der Waals surface area contributed by atoms with Crippen molar-refractivity contribution in [1.82, 2.24) is 10.3 Å². The van der Waals surface area contributed by atoms with E-state index in [1.807, 2.05) is 18.2 Å². The number of methoxy groups -OCH3 is 1. The highest BCUT2D eigenvalue weighted by atomic mass is 32.1. The Morgan fingerprint density at radius 3 is 2.97 bits per heavy atom. The first-order valence-corrected chi connectivity index (χ1v) is 10.9. The molecule has 7 heteroatoms. The fraction of sp³-hybridized carbons (Fsp3) is 0.250. The fourth-order valence-electron chi connectivity index (χ4n) is 3.87. The number of hydrogen-bond donors (Lipinski definition) is 1. The number of carbonyl (C=O) groups excluding carboxylic acids is 1. The SMILES string of the molecule is COCc1ccc(C(=O)NC[C@H]2Cc3cc(C)cc(-c4nc5ccccc5s4)c3O2)o1. The summed E-state index contributed by atoms with van der Waals surface area (Å²) >= 11 is 1.66. The van der Waals surface area contributed by atoms with Gasteiger partial charge in [0, 0.05) is 13.5 Å². The second-order valence-corrected chi connectivity index (χ2v) is 8.67. The second-order valence-electron chi connectivity index (χ2n) is 7.64. The lowest BCUT2D eigenvalue weighted by atomic mass is 10.0. The molecule has 1 atom stereocenters. The standard InChI is InChI=1S/C24H22N2O4S/c1-14-9-15-11-17(12-25-23(27)20-8-7-16(29-20)13-28-2)30-22(15)18(10-14)24-26-19-5-3-4-6-21(19)31-24/h3-10,17H,11-13H2,1-2H3,(H,25,27)/t17-/m1/s1. The largest absolute Gasteiger partial charge is 0.487 e. The van der Waals surface area contributed by atoms with E-state index in [1.165, 1.54) is 5.56 Å². The molecule has 0 radical (unpaired) electrons. The van der Waals surface area contributed by atoms with Crippen molar-refractivity contribution in [2.45, 2.75) is 26.1 Å². The lowest BCUT2D eigenvalue weighted by Gasteiger charge is -2.12. The van der Waals surface area contributed by atoms with E-state index in [0.29, 0.717) is 18.9 Å². The molecule has 0 saturated carbocycles. The first-order chi connectivity index (χ1) is 15.1. The molecule has 0 fully saturated rings. The molecule has 31 heavy (non-hydrogen) atoms. The average Bonchev–Trinajstić information content (AvgIpc) is 3.49. The molecule has 4 aromatic rings. The van der Waals surface area contributed by atoms with Crippen LogP contribution in [0, 0.1) is 6.92 Å². The normalized spacial score (nSPS) is 15.1. The minimum Gasteiger partial charge on any atom is -0.487 e. The number of benzene rings is 2. The zero-order valence-corrected chi connectivity index (χ0v) is 18.1. The van der Waals surface area contributed by atoms with Gasteiger partial charge < -0.3 is 19.2 Å². The summed E-state index contributed by atoms with van der Waals surface area (Å²) < 4.78 is 18.0. The van der Waals surface area contributed by atoms with E-state index in [-0.39, 0.29) is 17.8 Å². The number of amides is 1. The van der Waals surface area contributed by atoms with Gasteiger partial charge in [0.15, 0.2) is 5.76 Å². The number of nitrogens with one attached hydrogen (secondary N) is 1. The molecule has 2 aromatic carbocycles. The Bertz CT molecular complexity index is 1230. The van der Waals surface area contributed by atoms with Crippen molar-refractivity contribution in [1.29, 1.82) is 0 Å². The van der Waals surface area contributed by atoms with E-state index in [9.17, 15) is 4.79 Å². The summed E-state index contributed by atoms with van der Waals surface area (Å²) in [6, 6.07) is 15.8. The van der Waals surface area contributed by atoms with Crippen molar-refractivity contribution in [3.8, 4) is 16.3 Å². The van der Waals surface area contributed by atoms with E-state index < -0.39 is 0 Å². The number of thiazole rings is 1. The van der Waals surface area contributed by atoms with Crippen LogP contribution in [0.4, 0.5) is 0 Å². The smallest absolute Gasteiger partial charge is 0.287 e. The molecule has 1 aliphatic rings. The number of furan rings is 1. The molecule has 5 rings (SSSR count). The number of fused-ring (bicyclic) bond motifs is 2. The lowest BCUT2D eigenvalue weighted by Crippen LogP contribution is -2.34. The van der Waals surface area contributed by atoms with Gasteiger partial charge >= 0.3 is 0 Å². The van der Waals surface area contributed by atoms with Crippen LogP contribution in [0.15, 0.2) is 52.9 Å². The number of hydrogen-bond acceptors (Lipinski definition) is 6. The summed E-state index contributed by atoms with van der Waals surface area (Å²) in [4.78, 5) is 17.2. The van der Waals surface area contributed by atoms with E-state index in [0.717, 1.165) is 38.5 Å². The Labute approximate surface area is 183 Å². The van der Waals surface area contributed by atoms with E-state index in [2.05, 4.69) is 30.4 Å². The maximum Gasteiger partial charge on any atom is 0.287 e. The van der Waals surface area contributed by atoms with Crippen LogP contribution in [0.2, 0.25) is 0 Å². The zero-order valence-electron chi connectivity index (χ0n) is 17.3. The highest BCUT2D eigenvalue weighted by Gasteiger charge is 2.28. The molecule has 158 valence electrons. The zero-order chi connectivity index (χ0) is 21.4. The highest BCUT2D eigenvalue weighted by molar-refractivity contribution is 7.21. The van der Waals surface area contributed by atoms with Crippen molar-refractivity contribution in [2.24, 2.45) is 0 Å². The van der Waals surface area contributed by atoms with Crippen LogP contribution in [0.25, 0.3) is 20.8 Å². The Balaban J connectivity index is 1.32. The van der Waals surface area contributed by atoms with Gasteiger partial charge in [-0.15, -0.1) is 11.3 Å². The lowest BCUT2D eigenvalue weighted by molar-refractivity contribution is 0.0897. The molecule has 0 aliphatic carbocycles. The quantitative estimate of drug-likeness (QED) is 0.474. The fourth-order valence-corrected chi connectivity index (χ4v) is 4.84. The van der Waals surface area contributed by atoms with Gasteiger partial charge in [0.1, 0.15) is 29.2 Å². The molecule has 2 aromatic heterocycles. The molecule has 0 spiro atoms. The molecule has 3 heterocycles. The van der Waals surface area contributed by atoms with Crippen LogP contribution in [0.5, 0.6) is 5.75 Å². The predicted molar refractivity (Wildman–Crippen MR) is 120 cm³/mol. The van der Waals surface area contributed by atoms with Gasteiger partial charge in [0.2, 0.25) is 0 Å². The minimum atomic E-state index is -0.260. The second kappa shape index (κ2) is 8.17. The Kier molecular flexibility index (Phi) is 5.21.